The number of rotatable bonds is 3. The van der Waals surface area contributed by atoms with Crippen LogP contribution < -0.4 is 4.90 Å². The molecule has 0 spiro atoms. The number of nitrogens with zero attached hydrogens (tertiary/aromatic N) is 3. The molecule has 1 aliphatic rings. The average Bonchev–Trinajstić information content (AvgIpc) is 3.25. The van der Waals surface area contributed by atoms with E-state index in [9.17, 15) is 5.11 Å². The fourth-order valence-corrected chi connectivity index (χ4v) is 3.58. The Hall–Kier alpha value is -1.75. The van der Waals surface area contributed by atoms with Crippen LogP contribution in [0.5, 0.6) is 0 Å². The van der Waals surface area contributed by atoms with Crippen molar-refractivity contribution in [1.82, 2.24) is 9.38 Å². The van der Waals surface area contributed by atoms with Crippen LogP contribution in [0.15, 0.2) is 36.7 Å². The van der Waals surface area contributed by atoms with E-state index >= 15 is 0 Å². The highest BCUT2D eigenvalue weighted by atomic mass is 35.5. The van der Waals surface area contributed by atoms with E-state index in [0.29, 0.717) is 15.6 Å². The predicted molar refractivity (Wildman–Crippen MR) is 98.0 cm³/mol. The summed E-state index contributed by atoms with van der Waals surface area (Å²) in [4.78, 5) is 7.10. The molecule has 0 amide bonds. The zero-order valence-electron chi connectivity index (χ0n) is 13.0. The topological polar surface area (TPSA) is 40.8 Å². The highest BCUT2D eigenvalue weighted by molar-refractivity contribution is 6.42. The summed E-state index contributed by atoms with van der Waals surface area (Å²) >= 11 is 12.2. The molecule has 1 fully saturated rings. The van der Waals surface area contributed by atoms with Crippen LogP contribution in [0.25, 0.3) is 16.9 Å². The van der Waals surface area contributed by atoms with Crippen molar-refractivity contribution < 1.29 is 5.11 Å². The van der Waals surface area contributed by atoms with Gasteiger partial charge in [0.25, 0.3) is 0 Å². The Morgan fingerprint density at radius 2 is 1.83 bits per heavy atom. The largest absolute Gasteiger partial charge is 0.392 e. The number of anilines is 1. The maximum absolute atomic E-state index is 9.61. The summed E-state index contributed by atoms with van der Waals surface area (Å²) in [6.45, 7) is 2.09. The van der Waals surface area contributed by atoms with E-state index in [1.54, 1.807) is 12.1 Å². The van der Waals surface area contributed by atoms with E-state index in [-0.39, 0.29) is 6.61 Å². The molecule has 6 heteroatoms. The Balaban J connectivity index is 1.79. The van der Waals surface area contributed by atoms with Crippen molar-refractivity contribution in [2.24, 2.45) is 0 Å². The van der Waals surface area contributed by atoms with Crippen LogP contribution in [0.4, 0.5) is 5.69 Å². The summed E-state index contributed by atoms with van der Waals surface area (Å²) in [5, 5.41) is 10.5. The fourth-order valence-electron chi connectivity index (χ4n) is 3.23. The molecule has 0 unspecified atom stereocenters. The van der Waals surface area contributed by atoms with Gasteiger partial charge in [0.2, 0.25) is 0 Å². The van der Waals surface area contributed by atoms with Gasteiger partial charge >= 0.3 is 0 Å². The molecular weight excluding hydrogens is 345 g/mol. The number of hydrogen-bond acceptors (Lipinski definition) is 3. The monoisotopic (exact) mass is 361 g/mol. The van der Waals surface area contributed by atoms with Gasteiger partial charge in [-0.3, -0.25) is 0 Å². The molecule has 0 radical (unpaired) electrons. The third kappa shape index (κ3) is 2.75. The highest BCUT2D eigenvalue weighted by Gasteiger charge is 2.15. The maximum Gasteiger partial charge on any atom is 0.139 e. The molecule has 1 aliphatic heterocycles. The maximum atomic E-state index is 9.61. The minimum Gasteiger partial charge on any atom is -0.392 e. The third-order valence-electron chi connectivity index (χ3n) is 4.51. The van der Waals surface area contributed by atoms with Crippen LogP contribution in [-0.4, -0.2) is 27.6 Å². The molecule has 3 heterocycles. The summed E-state index contributed by atoms with van der Waals surface area (Å²) < 4.78 is 1.98. The lowest BCUT2D eigenvalue weighted by Crippen LogP contribution is -2.17. The van der Waals surface area contributed by atoms with E-state index in [0.717, 1.165) is 30.0 Å². The molecule has 2 aromatic heterocycles. The minimum absolute atomic E-state index is 0.112. The van der Waals surface area contributed by atoms with Gasteiger partial charge in [0.05, 0.1) is 22.3 Å². The first kappa shape index (κ1) is 15.8. The molecule has 0 aliphatic carbocycles. The number of hydrogen-bond donors (Lipinski definition) is 1. The van der Waals surface area contributed by atoms with Crippen molar-refractivity contribution in [3.05, 3.63) is 52.3 Å². The Bertz CT molecular complexity index is 901. The van der Waals surface area contributed by atoms with Crippen LogP contribution in [0.2, 0.25) is 10.0 Å². The number of aliphatic hydroxyl groups excluding tert-OH is 1. The first-order valence-electron chi connectivity index (χ1n) is 7.98. The molecule has 3 aromatic rings. The van der Waals surface area contributed by atoms with Crippen LogP contribution in [0.3, 0.4) is 0 Å². The molecule has 0 atom stereocenters. The van der Waals surface area contributed by atoms with Gasteiger partial charge in [-0.2, -0.15) is 0 Å². The fraction of sp³-hybridized carbons (Fsp3) is 0.278. The normalized spacial score (nSPS) is 14.7. The van der Waals surface area contributed by atoms with E-state index in [1.165, 1.54) is 18.5 Å². The van der Waals surface area contributed by atoms with Gasteiger partial charge < -0.3 is 14.4 Å². The zero-order chi connectivity index (χ0) is 16.7. The molecule has 4 nitrogen and oxygen atoms in total. The average molecular weight is 362 g/mol. The first-order chi connectivity index (χ1) is 11.7. The zero-order valence-corrected chi connectivity index (χ0v) is 14.6. The lowest BCUT2D eigenvalue weighted by atomic mass is 10.1. The van der Waals surface area contributed by atoms with Gasteiger partial charge in [0, 0.05) is 42.8 Å². The van der Waals surface area contributed by atoms with Crippen molar-refractivity contribution in [2.45, 2.75) is 19.4 Å². The van der Waals surface area contributed by atoms with Crippen LogP contribution in [-0.2, 0) is 6.61 Å². The van der Waals surface area contributed by atoms with Gasteiger partial charge in [-0.15, -0.1) is 0 Å². The minimum atomic E-state index is -0.112. The van der Waals surface area contributed by atoms with E-state index in [4.69, 9.17) is 28.2 Å². The molecule has 124 valence electrons. The summed E-state index contributed by atoms with van der Waals surface area (Å²) in [5.74, 6) is 0. The number of halogens is 2. The van der Waals surface area contributed by atoms with E-state index in [1.807, 2.05) is 16.8 Å². The lowest BCUT2D eigenvalue weighted by molar-refractivity contribution is 0.282. The predicted octanol–water partition coefficient (Wildman–Crippen LogP) is 4.40. The molecule has 1 aromatic carbocycles. The number of aliphatic hydroxyl groups is 1. The van der Waals surface area contributed by atoms with E-state index < -0.39 is 0 Å². The molecule has 0 bridgehead atoms. The molecule has 24 heavy (non-hydrogen) atoms. The van der Waals surface area contributed by atoms with Gasteiger partial charge in [0.15, 0.2) is 0 Å². The second-order valence-corrected chi connectivity index (χ2v) is 6.87. The number of aromatic nitrogens is 2. The van der Waals surface area contributed by atoms with Crippen molar-refractivity contribution >= 4 is 34.5 Å². The van der Waals surface area contributed by atoms with Crippen molar-refractivity contribution in [3.8, 4) is 11.3 Å². The van der Waals surface area contributed by atoms with Gasteiger partial charge in [-0.1, -0.05) is 23.2 Å². The Morgan fingerprint density at radius 1 is 1.08 bits per heavy atom. The number of imidazole rings is 1. The highest BCUT2D eigenvalue weighted by Crippen LogP contribution is 2.32. The Morgan fingerprint density at radius 3 is 2.58 bits per heavy atom. The van der Waals surface area contributed by atoms with Gasteiger partial charge in [-0.05, 0) is 36.6 Å². The summed E-state index contributed by atoms with van der Waals surface area (Å²) in [6.07, 6.45) is 6.46. The number of pyridine rings is 1. The molecular formula is C18H17Cl2N3O. The van der Waals surface area contributed by atoms with Crippen molar-refractivity contribution in [2.75, 3.05) is 18.0 Å². The Kier molecular flexibility index (Phi) is 4.12. The molecule has 1 saturated heterocycles. The summed E-state index contributed by atoms with van der Waals surface area (Å²) in [5.41, 5.74) is 4.38. The van der Waals surface area contributed by atoms with E-state index in [2.05, 4.69) is 17.0 Å². The quantitative estimate of drug-likeness (QED) is 0.751. The molecule has 0 saturated carbocycles. The second-order valence-electron chi connectivity index (χ2n) is 6.05. The number of benzene rings is 1. The molecule has 4 rings (SSSR count). The van der Waals surface area contributed by atoms with Gasteiger partial charge in [0.1, 0.15) is 5.65 Å². The first-order valence-corrected chi connectivity index (χ1v) is 8.74. The lowest BCUT2D eigenvalue weighted by Gasteiger charge is -2.17. The van der Waals surface area contributed by atoms with Crippen molar-refractivity contribution in [1.29, 1.82) is 0 Å². The standard InChI is InChI=1S/C18H17Cl2N3O/c19-15-7-12(11-24)14(9-16(15)20)17-10-23-6-3-13(8-18(23)21-17)22-4-1-2-5-22/h3,6-10,24H,1-2,4-5,11H2. The number of fused-ring (bicyclic) bond motifs is 1. The van der Waals surface area contributed by atoms with Gasteiger partial charge in [-0.25, -0.2) is 4.98 Å². The van der Waals surface area contributed by atoms with Crippen molar-refractivity contribution in [3.63, 3.8) is 0 Å². The van der Waals surface area contributed by atoms with Crippen LogP contribution >= 0.6 is 23.2 Å². The third-order valence-corrected chi connectivity index (χ3v) is 5.23. The van der Waals surface area contributed by atoms with Crippen LogP contribution in [0.1, 0.15) is 18.4 Å². The van der Waals surface area contributed by atoms with Crippen LogP contribution in [0, 0.1) is 0 Å². The smallest absolute Gasteiger partial charge is 0.139 e. The summed E-state index contributed by atoms with van der Waals surface area (Å²) in [6, 6.07) is 7.67. The Labute approximate surface area is 150 Å². The summed E-state index contributed by atoms with van der Waals surface area (Å²) in [7, 11) is 0. The SMILES string of the molecule is OCc1cc(Cl)c(Cl)cc1-c1cn2ccc(N3CCCC3)cc2n1. The molecule has 1 N–H and O–H groups in total. The second kappa shape index (κ2) is 6.28.